The van der Waals surface area contributed by atoms with Crippen molar-refractivity contribution in [1.82, 2.24) is 0 Å². The van der Waals surface area contributed by atoms with Crippen molar-refractivity contribution in [2.75, 3.05) is 0 Å². The van der Waals surface area contributed by atoms with Gasteiger partial charge in [0, 0.05) is 5.92 Å². The quantitative estimate of drug-likeness (QED) is 0.155. The molecule has 0 atom stereocenters. The largest absolute Gasteiger partial charge is 0.0622 e. The van der Waals surface area contributed by atoms with Gasteiger partial charge in [-0.25, -0.2) is 0 Å². The molecule has 0 N–H and O–H groups in total. The molecule has 10 rings (SSSR count). The fourth-order valence-corrected chi connectivity index (χ4v) is 8.34. The average molecular weight is 699 g/mol. The number of hydrogen-bond acceptors (Lipinski definition) is 0. The van der Waals surface area contributed by atoms with Gasteiger partial charge in [0.25, 0.3) is 0 Å². The van der Waals surface area contributed by atoms with Crippen molar-refractivity contribution < 1.29 is 0 Å². The molecular formula is C55H38. The first kappa shape index (κ1) is 32.6. The molecule has 1 aliphatic rings. The second kappa shape index (κ2) is 14.1. The molecule has 258 valence electrons. The highest BCUT2D eigenvalue weighted by Gasteiger charge is 2.30. The maximum atomic E-state index is 2.40. The third-order valence-corrected chi connectivity index (χ3v) is 11.2. The van der Waals surface area contributed by atoms with Gasteiger partial charge in [-0.1, -0.05) is 194 Å². The summed E-state index contributed by atoms with van der Waals surface area (Å²) in [6, 6.07) is 82.1. The van der Waals surface area contributed by atoms with Gasteiger partial charge in [0.05, 0.1) is 0 Å². The van der Waals surface area contributed by atoms with Gasteiger partial charge in [-0.3, -0.25) is 0 Å². The van der Waals surface area contributed by atoms with Crippen molar-refractivity contribution >= 4 is 0 Å². The van der Waals surface area contributed by atoms with Crippen molar-refractivity contribution in [3.8, 4) is 77.9 Å². The molecule has 0 fully saturated rings. The highest BCUT2D eigenvalue weighted by Crippen LogP contribution is 2.50. The molecule has 0 amide bonds. The lowest BCUT2D eigenvalue weighted by molar-refractivity contribution is 1.02. The molecule has 0 heteroatoms. The fraction of sp³-hybridized carbons (Fsp3) is 0.0182. The molecule has 0 saturated heterocycles. The molecule has 0 unspecified atom stereocenters. The summed E-state index contributed by atoms with van der Waals surface area (Å²) in [6.45, 7) is 0. The van der Waals surface area contributed by atoms with Crippen LogP contribution in [-0.2, 0) is 0 Å². The fourth-order valence-electron chi connectivity index (χ4n) is 8.34. The second-order valence-corrected chi connectivity index (χ2v) is 14.5. The molecule has 0 spiro atoms. The lowest BCUT2D eigenvalue weighted by Crippen LogP contribution is -1.99. The molecule has 1 aliphatic carbocycles. The predicted octanol–water partition coefficient (Wildman–Crippen LogP) is 14.8. The maximum Gasteiger partial charge on any atom is 0.0352 e. The molecule has 9 aromatic rings. The molecule has 0 aromatic heterocycles. The molecule has 9 aromatic carbocycles. The smallest absolute Gasteiger partial charge is 0.0352 e. The first-order valence-corrected chi connectivity index (χ1v) is 19.1. The van der Waals surface area contributed by atoms with Crippen LogP contribution in [0.15, 0.2) is 224 Å². The van der Waals surface area contributed by atoms with Crippen LogP contribution in [0.2, 0.25) is 0 Å². The summed E-state index contributed by atoms with van der Waals surface area (Å²) in [5.41, 5.74) is 21.4. The summed E-state index contributed by atoms with van der Waals surface area (Å²) < 4.78 is 0. The van der Waals surface area contributed by atoms with Crippen LogP contribution in [0.4, 0.5) is 0 Å². The lowest BCUT2D eigenvalue weighted by atomic mass is 9.87. The monoisotopic (exact) mass is 698 g/mol. The molecule has 0 saturated carbocycles. The Morgan fingerprint density at radius 3 is 0.836 bits per heavy atom. The van der Waals surface area contributed by atoms with Crippen LogP contribution in [0.3, 0.4) is 0 Å². The van der Waals surface area contributed by atoms with E-state index in [-0.39, 0.29) is 5.92 Å². The second-order valence-electron chi connectivity index (χ2n) is 14.5. The summed E-state index contributed by atoms with van der Waals surface area (Å²) in [6.07, 6.45) is 0. The van der Waals surface area contributed by atoms with Crippen LogP contribution in [0.5, 0.6) is 0 Å². The van der Waals surface area contributed by atoms with Crippen molar-refractivity contribution in [1.29, 1.82) is 0 Å². The highest BCUT2D eigenvalue weighted by atomic mass is 14.3. The van der Waals surface area contributed by atoms with Gasteiger partial charge in [-0.15, -0.1) is 0 Å². The van der Waals surface area contributed by atoms with E-state index in [1.165, 1.54) is 94.6 Å². The van der Waals surface area contributed by atoms with Crippen LogP contribution in [-0.4, -0.2) is 0 Å². The van der Waals surface area contributed by atoms with Crippen molar-refractivity contribution in [3.63, 3.8) is 0 Å². The van der Waals surface area contributed by atoms with Crippen molar-refractivity contribution in [2.45, 2.75) is 5.92 Å². The van der Waals surface area contributed by atoms with E-state index in [4.69, 9.17) is 0 Å². The molecule has 0 bridgehead atoms. The van der Waals surface area contributed by atoms with Gasteiger partial charge >= 0.3 is 0 Å². The zero-order valence-electron chi connectivity index (χ0n) is 30.4. The van der Waals surface area contributed by atoms with Gasteiger partial charge in [0.2, 0.25) is 0 Å². The van der Waals surface area contributed by atoms with E-state index in [0.29, 0.717) is 0 Å². The van der Waals surface area contributed by atoms with E-state index in [9.17, 15) is 0 Å². The molecule has 0 nitrogen and oxygen atoms in total. The zero-order chi connectivity index (χ0) is 36.6. The standard InChI is InChI=1S/C55H38/c1-5-13-38(14-6-1)46-29-31-51-53(36-46)54-37-47(39-15-7-2-8-16-39)30-32-52(54)55(51)45-27-25-43(26-28-45)42-21-23-44(24-22-42)50-34-48(40-17-9-3-10-18-40)33-49(35-50)41-19-11-4-12-20-41/h1-37,55H. The van der Waals surface area contributed by atoms with Crippen molar-refractivity contribution in [3.05, 3.63) is 241 Å². The van der Waals surface area contributed by atoms with Gasteiger partial charge in [0.15, 0.2) is 0 Å². The van der Waals surface area contributed by atoms with Crippen LogP contribution >= 0.6 is 0 Å². The number of rotatable bonds is 7. The molecular weight excluding hydrogens is 661 g/mol. The summed E-state index contributed by atoms with van der Waals surface area (Å²) in [5.74, 6) is 0.173. The molecule has 0 radical (unpaired) electrons. The molecule has 55 heavy (non-hydrogen) atoms. The zero-order valence-corrected chi connectivity index (χ0v) is 30.4. The van der Waals surface area contributed by atoms with E-state index in [0.717, 1.165) is 0 Å². The van der Waals surface area contributed by atoms with E-state index >= 15 is 0 Å². The van der Waals surface area contributed by atoms with Crippen LogP contribution < -0.4 is 0 Å². The Hall–Kier alpha value is -7.02. The Bertz CT molecular complexity index is 2600. The average Bonchev–Trinajstić information content (AvgIpc) is 3.60. The number of hydrogen-bond donors (Lipinski definition) is 0. The third kappa shape index (κ3) is 6.28. The van der Waals surface area contributed by atoms with E-state index < -0.39 is 0 Å². The van der Waals surface area contributed by atoms with Crippen LogP contribution in [0, 0.1) is 0 Å². The van der Waals surface area contributed by atoms with Crippen LogP contribution in [0.1, 0.15) is 22.6 Å². The Morgan fingerprint density at radius 2 is 0.473 bits per heavy atom. The normalized spacial score (nSPS) is 11.9. The first-order chi connectivity index (χ1) is 27.2. The van der Waals surface area contributed by atoms with E-state index in [1.54, 1.807) is 0 Å². The molecule has 0 heterocycles. The first-order valence-electron chi connectivity index (χ1n) is 19.1. The van der Waals surface area contributed by atoms with E-state index in [1.807, 2.05) is 0 Å². The Balaban J connectivity index is 0.986. The third-order valence-electron chi connectivity index (χ3n) is 11.2. The van der Waals surface area contributed by atoms with Gasteiger partial charge < -0.3 is 0 Å². The highest BCUT2D eigenvalue weighted by molar-refractivity contribution is 5.88. The van der Waals surface area contributed by atoms with Gasteiger partial charge in [-0.2, -0.15) is 0 Å². The van der Waals surface area contributed by atoms with Gasteiger partial charge in [0.1, 0.15) is 0 Å². The van der Waals surface area contributed by atoms with Crippen molar-refractivity contribution in [2.24, 2.45) is 0 Å². The summed E-state index contributed by atoms with van der Waals surface area (Å²) in [7, 11) is 0. The lowest BCUT2D eigenvalue weighted by Gasteiger charge is -2.16. The Kier molecular flexibility index (Phi) is 8.35. The SMILES string of the molecule is c1ccc(-c2cc(-c3ccccc3)cc(-c3ccc(-c4ccc(C5c6ccc(-c7ccccc7)cc6-c6cc(-c7ccccc7)ccc65)cc4)cc3)c2)cc1. The Labute approximate surface area is 323 Å². The topological polar surface area (TPSA) is 0 Å². The summed E-state index contributed by atoms with van der Waals surface area (Å²) in [5, 5.41) is 0. The predicted molar refractivity (Wildman–Crippen MR) is 232 cm³/mol. The Morgan fingerprint density at radius 1 is 0.200 bits per heavy atom. The number of fused-ring (bicyclic) bond motifs is 3. The molecule has 0 aliphatic heterocycles. The van der Waals surface area contributed by atoms with Crippen LogP contribution in [0.25, 0.3) is 77.9 Å². The minimum atomic E-state index is 0.173. The number of benzene rings is 9. The summed E-state index contributed by atoms with van der Waals surface area (Å²) in [4.78, 5) is 0. The maximum absolute atomic E-state index is 2.40. The summed E-state index contributed by atoms with van der Waals surface area (Å²) >= 11 is 0. The van der Waals surface area contributed by atoms with E-state index in [2.05, 4.69) is 224 Å². The minimum Gasteiger partial charge on any atom is -0.0622 e. The minimum absolute atomic E-state index is 0.173. The van der Waals surface area contributed by atoms with Gasteiger partial charge in [-0.05, 0) is 125 Å².